The molecule has 0 aromatic carbocycles. The van der Waals surface area contributed by atoms with E-state index in [0.29, 0.717) is 19.4 Å². The lowest BCUT2D eigenvalue weighted by atomic mass is 10.2. The zero-order valence-corrected chi connectivity index (χ0v) is 7.90. The molecule has 82 valence electrons. The summed E-state index contributed by atoms with van der Waals surface area (Å²) in [6.07, 6.45) is 0.986. The Morgan fingerprint density at radius 1 is 1.36 bits per heavy atom. The van der Waals surface area contributed by atoms with Crippen molar-refractivity contribution in [1.82, 2.24) is 5.32 Å². The third kappa shape index (κ3) is 6.38. The normalized spacial score (nSPS) is 12.4. The molecule has 0 radical (unpaired) electrons. The third-order valence-corrected chi connectivity index (χ3v) is 1.70. The molecule has 0 aliphatic carbocycles. The average molecular weight is 204 g/mol. The predicted octanol–water partition coefficient (Wildman–Crippen LogP) is -1.32. The maximum absolute atomic E-state index is 10.7. The first-order chi connectivity index (χ1) is 6.57. The van der Waals surface area contributed by atoms with Crippen LogP contribution in [0.1, 0.15) is 19.3 Å². The first-order valence-electron chi connectivity index (χ1n) is 4.43. The van der Waals surface area contributed by atoms with E-state index in [-0.39, 0.29) is 13.0 Å². The van der Waals surface area contributed by atoms with Crippen molar-refractivity contribution in [3.05, 3.63) is 0 Å². The molecule has 5 N–H and O–H groups in total. The van der Waals surface area contributed by atoms with Gasteiger partial charge in [0, 0.05) is 6.61 Å². The number of hydrogen-bond donors (Lipinski definition) is 4. The third-order valence-electron chi connectivity index (χ3n) is 1.70. The molecule has 0 aromatic heterocycles. The van der Waals surface area contributed by atoms with Crippen LogP contribution in [0.25, 0.3) is 0 Å². The number of amides is 1. The second kappa shape index (κ2) is 7.28. The standard InChI is InChI=1S/C8H16N2O4/c9-8(14)6(5-7(12)13)10-3-1-2-4-11/h6,10-11H,1-5H2,(H2,9,14)(H,12,13)/t6-/m0/s1. The molecule has 1 atom stereocenters. The molecule has 6 heteroatoms. The van der Waals surface area contributed by atoms with Gasteiger partial charge in [-0.15, -0.1) is 0 Å². The Balaban J connectivity index is 3.74. The van der Waals surface area contributed by atoms with Gasteiger partial charge in [-0.05, 0) is 19.4 Å². The van der Waals surface area contributed by atoms with E-state index in [9.17, 15) is 9.59 Å². The lowest BCUT2D eigenvalue weighted by molar-refractivity contribution is -0.139. The molecule has 0 heterocycles. The molecule has 0 bridgehead atoms. The molecular weight excluding hydrogens is 188 g/mol. The van der Waals surface area contributed by atoms with Gasteiger partial charge in [-0.3, -0.25) is 9.59 Å². The van der Waals surface area contributed by atoms with E-state index in [1.807, 2.05) is 0 Å². The van der Waals surface area contributed by atoms with Crippen LogP contribution in [0.2, 0.25) is 0 Å². The Hall–Kier alpha value is -1.14. The molecule has 14 heavy (non-hydrogen) atoms. The van der Waals surface area contributed by atoms with E-state index >= 15 is 0 Å². The minimum atomic E-state index is -1.07. The number of primary amides is 1. The Labute approximate surface area is 82.1 Å². The van der Waals surface area contributed by atoms with Crippen molar-refractivity contribution in [1.29, 1.82) is 0 Å². The summed E-state index contributed by atoms with van der Waals surface area (Å²) in [5.74, 6) is -1.74. The molecule has 6 nitrogen and oxygen atoms in total. The fraction of sp³-hybridized carbons (Fsp3) is 0.750. The number of hydrogen-bond acceptors (Lipinski definition) is 4. The summed E-state index contributed by atoms with van der Waals surface area (Å²) in [7, 11) is 0. The van der Waals surface area contributed by atoms with Gasteiger partial charge in [-0.25, -0.2) is 0 Å². The molecule has 1 amide bonds. The first kappa shape index (κ1) is 12.9. The van der Waals surface area contributed by atoms with E-state index in [4.69, 9.17) is 15.9 Å². The van der Waals surface area contributed by atoms with Gasteiger partial charge in [0.25, 0.3) is 0 Å². The number of aliphatic hydroxyl groups is 1. The second-order valence-electron chi connectivity index (χ2n) is 2.94. The van der Waals surface area contributed by atoms with Crippen LogP contribution in [-0.4, -0.2) is 41.3 Å². The Kier molecular flexibility index (Phi) is 6.69. The molecule has 0 rings (SSSR count). The fourth-order valence-corrected chi connectivity index (χ4v) is 0.961. The number of aliphatic hydroxyl groups excluding tert-OH is 1. The van der Waals surface area contributed by atoms with Gasteiger partial charge in [-0.2, -0.15) is 0 Å². The smallest absolute Gasteiger partial charge is 0.305 e. The number of rotatable bonds is 8. The van der Waals surface area contributed by atoms with Crippen molar-refractivity contribution >= 4 is 11.9 Å². The van der Waals surface area contributed by atoms with Crippen LogP contribution in [0.3, 0.4) is 0 Å². The number of aliphatic carboxylic acids is 1. The summed E-state index contributed by atoms with van der Waals surface area (Å²) < 4.78 is 0. The zero-order valence-electron chi connectivity index (χ0n) is 7.90. The molecular formula is C8H16N2O4. The van der Waals surface area contributed by atoms with Crippen LogP contribution in [0.15, 0.2) is 0 Å². The van der Waals surface area contributed by atoms with Gasteiger partial charge >= 0.3 is 5.97 Å². The quantitative estimate of drug-likeness (QED) is 0.366. The first-order valence-corrected chi connectivity index (χ1v) is 4.43. The van der Waals surface area contributed by atoms with Crippen LogP contribution < -0.4 is 11.1 Å². The van der Waals surface area contributed by atoms with E-state index in [2.05, 4.69) is 5.32 Å². The molecule has 0 aromatic rings. The van der Waals surface area contributed by atoms with Crippen LogP contribution in [0, 0.1) is 0 Å². The van der Waals surface area contributed by atoms with Crippen molar-refractivity contribution in [2.45, 2.75) is 25.3 Å². The van der Waals surface area contributed by atoms with Gasteiger partial charge in [0.1, 0.15) is 0 Å². The van der Waals surface area contributed by atoms with Gasteiger partial charge in [0.05, 0.1) is 12.5 Å². The van der Waals surface area contributed by atoms with E-state index in [1.165, 1.54) is 0 Å². The minimum absolute atomic E-state index is 0.0852. The van der Waals surface area contributed by atoms with E-state index < -0.39 is 17.9 Å². The summed E-state index contributed by atoms with van der Waals surface area (Å²) in [4.78, 5) is 21.1. The largest absolute Gasteiger partial charge is 0.481 e. The van der Waals surface area contributed by atoms with E-state index in [1.54, 1.807) is 0 Å². The lowest BCUT2D eigenvalue weighted by Gasteiger charge is -2.12. The lowest BCUT2D eigenvalue weighted by Crippen LogP contribution is -2.43. The Morgan fingerprint density at radius 3 is 2.43 bits per heavy atom. The monoisotopic (exact) mass is 204 g/mol. The summed E-state index contributed by atoms with van der Waals surface area (Å²) in [6, 6.07) is -0.828. The second-order valence-corrected chi connectivity index (χ2v) is 2.94. The maximum Gasteiger partial charge on any atom is 0.305 e. The van der Waals surface area contributed by atoms with Crippen molar-refractivity contribution in [2.75, 3.05) is 13.2 Å². The number of unbranched alkanes of at least 4 members (excludes halogenated alkanes) is 1. The molecule has 0 saturated carbocycles. The molecule has 0 saturated heterocycles. The zero-order chi connectivity index (χ0) is 11.0. The highest BCUT2D eigenvalue weighted by Crippen LogP contribution is 1.93. The molecule has 0 spiro atoms. The summed E-state index contributed by atoms with van der Waals surface area (Å²) >= 11 is 0. The number of carbonyl (C=O) groups is 2. The fourth-order valence-electron chi connectivity index (χ4n) is 0.961. The van der Waals surface area contributed by atoms with Crippen molar-refractivity contribution < 1.29 is 19.8 Å². The van der Waals surface area contributed by atoms with Crippen LogP contribution in [-0.2, 0) is 9.59 Å². The Bertz CT molecular complexity index is 196. The highest BCUT2D eigenvalue weighted by molar-refractivity contribution is 5.84. The van der Waals surface area contributed by atoms with E-state index in [0.717, 1.165) is 0 Å². The number of carboxylic acids is 1. The molecule has 0 aliphatic heterocycles. The summed E-state index contributed by atoms with van der Waals surface area (Å²) in [6.45, 7) is 0.559. The minimum Gasteiger partial charge on any atom is -0.481 e. The van der Waals surface area contributed by atoms with Crippen LogP contribution in [0.5, 0.6) is 0 Å². The predicted molar refractivity (Wildman–Crippen MR) is 49.6 cm³/mol. The number of nitrogens with two attached hydrogens (primary N) is 1. The number of carbonyl (C=O) groups excluding carboxylic acids is 1. The molecule has 0 aliphatic rings. The summed E-state index contributed by atoms with van der Waals surface area (Å²) in [5, 5.41) is 19.6. The Morgan fingerprint density at radius 2 is 2.00 bits per heavy atom. The SMILES string of the molecule is NC(=O)[C@H](CC(=O)O)NCCCCO. The highest BCUT2D eigenvalue weighted by Gasteiger charge is 2.17. The van der Waals surface area contributed by atoms with Crippen molar-refractivity contribution in [3.8, 4) is 0 Å². The van der Waals surface area contributed by atoms with Gasteiger partial charge in [-0.1, -0.05) is 0 Å². The maximum atomic E-state index is 10.7. The van der Waals surface area contributed by atoms with Crippen LogP contribution in [0.4, 0.5) is 0 Å². The van der Waals surface area contributed by atoms with Crippen molar-refractivity contribution in [2.24, 2.45) is 5.73 Å². The topological polar surface area (TPSA) is 113 Å². The molecule has 0 fully saturated rings. The van der Waals surface area contributed by atoms with Crippen LogP contribution >= 0.6 is 0 Å². The average Bonchev–Trinajstić information content (AvgIpc) is 2.09. The van der Waals surface area contributed by atoms with Gasteiger partial charge in [0.2, 0.25) is 5.91 Å². The van der Waals surface area contributed by atoms with Gasteiger partial charge < -0.3 is 21.3 Å². The number of nitrogens with one attached hydrogen (secondary N) is 1. The van der Waals surface area contributed by atoms with Crippen molar-refractivity contribution in [3.63, 3.8) is 0 Å². The highest BCUT2D eigenvalue weighted by atomic mass is 16.4. The molecule has 0 unspecified atom stereocenters. The number of carboxylic acid groups (broad SMARTS) is 1. The van der Waals surface area contributed by atoms with Gasteiger partial charge in [0.15, 0.2) is 0 Å². The summed E-state index contributed by atoms with van der Waals surface area (Å²) in [5.41, 5.74) is 4.99.